The lowest BCUT2D eigenvalue weighted by Gasteiger charge is -2.06. The zero-order chi connectivity index (χ0) is 13.4. The highest BCUT2D eigenvalue weighted by atomic mass is 16.5. The largest absolute Gasteiger partial charge is 0.493 e. The minimum absolute atomic E-state index is 0.0813. The third kappa shape index (κ3) is 2.14. The first kappa shape index (κ1) is 12.0. The Morgan fingerprint density at radius 2 is 1.74 bits per heavy atom. The Hall–Kier alpha value is -2.09. The summed E-state index contributed by atoms with van der Waals surface area (Å²) in [5.74, 6) is 0.995. The first-order valence-corrected chi connectivity index (χ1v) is 6.53. The molecule has 96 valence electrons. The molecule has 0 aliphatic carbocycles. The molecule has 0 bridgehead atoms. The second kappa shape index (κ2) is 4.54. The standard InChI is InChI=1S/C17H16O2/c1-11-3-4-14(9-12(11)2)17(18)15-5-6-16-13(10-15)7-8-19-16/h3-6,9-10H,7-8H2,1-2H3. The topological polar surface area (TPSA) is 26.3 Å². The highest BCUT2D eigenvalue weighted by Crippen LogP contribution is 2.27. The van der Waals surface area contributed by atoms with Crippen molar-refractivity contribution in [1.82, 2.24) is 0 Å². The van der Waals surface area contributed by atoms with Gasteiger partial charge in [0.15, 0.2) is 5.78 Å². The van der Waals surface area contributed by atoms with Crippen LogP contribution in [-0.2, 0) is 6.42 Å². The normalized spacial score (nSPS) is 12.9. The van der Waals surface area contributed by atoms with E-state index in [0.29, 0.717) is 0 Å². The Morgan fingerprint density at radius 1 is 1.00 bits per heavy atom. The van der Waals surface area contributed by atoms with E-state index in [1.165, 1.54) is 5.56 Å². The molecule has 0 spiro atoms. The fourth-order valence-corrected chi connectivity index (χ4v) is 2.38. The number of fused-ring (bicyclic) bond motifs is 1. The number of ketones is 1. The van der Waals surface area contributed by atoms with Crippen molar-refractivity contribution in [3.05, 3.63) is 64.2 Å². The van der Waals surface area contributed by atoms with E-state index in [0.717, 1.165) is 41.0 Å². The summed E-state index contributed by atoms with van der Waals surface area (Å²) in [7, 11) is 0. The summed E-state index contributed by atoms with van der Waals surface area (Å²) in [6.07, 6.45) is 0.892. The average molecular weight is 252 g/mol. The molecule has 1 aliphatic rings. The fourth-order valence-electron chi connectivity index (χ4n) is 2.38. The van der Waals surface area contributed by atoms with Crippen molar-refractivity contribution in [1.29, 1.82) is 0 Å². The van der Waals surface area contributed by atoms with Gasteiger partial charge in [-0.1, -0.05) is 12.1 Å². The number of rotatable bonds is 2. The fraction of sp³-hybridized carbons (Fsp3) is 0.235. The lowest BCUT2D eigenvalue weighted by Crippen LogP contribution is -2.02. The van der Waals surface area contributed by atoms with E-state index in [1.807, 2.05) is 43.3 Å². The van der Waals surface area contributed by atoms with Crippen LogP contribution in [0.15, 0.2) is 36.4 Å². The molecule has 0 N–H and O–H groups in total. The van der Waals surface area contributed by atoms with Crippen molar-refractivity contribution >= 4 is 5.78 Å². The van der Waals surface area contributed by atoms with Crippen LogP contribution in [0.3, 0.4) is 0 Å². The highest BCUT2D eigenvalue weighted by Gasteiger charge is 2.16. The van der Waals surface area contributed by atoms with Crippen molar-refractivity contribution in [2.45, 2.75) is 20.3 Å². The summed E-state index contributed by atoms with van der Waals surface area (Å²) in [5.41, 5.74) is 4.98. The molecule has 0 atom stereocenters. The van der Waals surface area contributed by atoms with Crippen LogP contribution in [0.4, 0.5) is 0 Å². The molecule has 1 aliphatic heterocycles. The van der Waals surface area contributed by atoms with Gasteiger partial charge in [0.1, 0.15) is 5.75 Å². The third-order valence-corrected chi connectivity index (χ3v) is 3.72. The lowest BCUT2D eigenvalue weighted by atomic mass is 9.98. The summed E-state index contributed by atoms with van der Waals surface area (Å²) in [6.45, 7) is 4.80. The molecule has 2 heteroatoms. The van der Waals surface area contributed by atoms with Crippen LogP contribution in [0.25, 0.3) is 0 Å². The van der Waals surface area contributed by atoms with Gasteiger partial charge >= 0.3 is 0 Å². The van der Waals surface area contributed by atoms with E-state index >= 15 is 0 Å². The molecular weight excluding hydrogens is 236 g/mol. The first-order valence-electron chi connectivity index (χ1n) is 6.53. The van der Waals surface area contributed by atoms with Gasteiger partial charge in [-0.25, -0.2) is 0 Å². The summed E-state index contributed by atoms with van der Waals surface area (Å²) in [4.78, 5) is 12.5. The van der Waals surface area contributed by atoms with Gasteiger partial charge in [-0.05, 0) is 54.8 Å². The Kier molecular flexibility index (Phi) is 2.86. The quantitative estimate of drug-likeness (QED) is 0.765. The van der Waals surface area contributed by atoms with E-state index in [9.17, 15) is 4.79 Å². The Labute approximate surface area is 113 Å². The minimum Gasteiger partial charge on any atom is -0.493 e. The Balaban J connectivity index is 1.97. The second-order valence-corrected chi connectivity index (χ2v) is 5.05. The van der Waals surface area contributed by atoms with E-state index in [4.69, 9.17) is 4.74 Å². The predicted octanol–water partition coefficient (Wildman–Crippen LogP) is 3.47. The molecule has 0 unspecified atom stereocenters. The minimum atomic E-state index is 0.0813. The molecule has 2 aromatic carbocycles. The molecule has 0 radical (unpaired) electrons. The van der Waals surface area contributed by atoms with Gasteiger partial charge in [-0.15, -0.1) is 0 Å². The van der Waals surface area contributed by atoms with Gasteiger partial charge < -0.3 is 4.74 Å². The maximum absolute atomic E-state index is 12.5. The molecule has 0 saturated heterocycles. The summed E-state index contributed by atoms with van der Waals surface area (Å²) in [6, 6.07) is 11.6. The number of hydrogen-bond donors (Lipinski definition) is 0. The van der Waals surface area contributed by atoms with E-state index in [2.05, 4.69) is 6.92 Å². The smallest absolute Gasteiger partial charge is 0.193 e. The van der Waals surface area contributed by atoms with Gasteiger partial charge in [-0.3, -0.25) is 4.79 Å². The van der Waals surface area contributed by atoms with E-state index in [-0.39, 0.29) is 5.78 Å². The predicted molar refractivity (Wildman–Crippen MR) is 75.0 cm³/mol. The first-order chi connectivity index (χ1) is 9.15. The van der Waals surface area contributed by atoms with Gasteiger partial charge in [0.25, 0.3) is 0 Å². The number of carbonyl (C=O) groups excluding carboxylic acids is 1. The second-order valence-electron chi connectivity index (χ2n) is 5.05. The molecular formula is C17H16O2. The molecule has 1 heterocycles. The summed E-state index contributed by atoms with van der Waals surface area (Å²) >= 11 is 0. The van der Waals surface area contributed by atoms with Crippen molar-refractivity contribution in [3.8, 4) is 5.75 Å². The molecule has 2 aromatic rings. The van der Waals surface area contributed by atoms with E-state index < -0.39 is 0 Å². The van der Waals surface area contributed by atoms with Gasteiger partial charge in [0.2, 0.25) is 0 Å². The Bertz CT molecular complexity index is 656. The SMILES string of the molecule is Cc1ccc(C(=O)c2ccc3c(c2)CCO3)cc1C. The zero-order valence-corrected chi connectivity index (χ0v) is 11.2. The highest BCUT2D eigenvalue weighted by molar-refractivity contribution is 6.09. The van der Waals surface area contributed by atoms with Crippen LogP contribution in [0, 0.1) is 13.8 Å². The van der Waals surface area contributed by atoms with Crippen molar-refractivity contribution in [2.75, 3.05) is 6.61 Å². The van der Waals surface area contributed by atoms with Crippen molar-refractivity contribution in [3.63, 3.8) is 0 Å². The maximum Gasteiger partial charge on any atom is 0.193 e. The zero-order valence-electron chi connectivity index (χ0n) is 11.2. The summed E-state index contributed by atoms with van der Waals surface area (Å²) in [5, 5.41) is 0. The molecule has 0 amide bonds. The van der Waals surface area contributed by atoms with Crippen LogP contribution in [0.1, 0.15) is 32.6 Å². The Morgan fingerprint density at radius 3 is 2.53 bits per heavy atom. The van der Waals surface area contributed by atoms with Gasteiger partial charge in [0.05, 0.1) is 6.61 Å². The number of ether oxygens (including phenoxy) is 1. The van der Waals surface area contributed by atoms with Crippen LogP contribution >= 0.6 is 0 Å². The van der Waals surface area contributed by atoms with Crippen molar-refractivity contribution < 1.29 is 9.53 Å². The molecule has 0 fully saturated rings. The molecule has 3 rings (SSSR count). The van der Waals surface area contributed by atoms with Gasteiger partial charge in [0, 0.05) is 17.5 Å². The van der Waals surface area contributed by atoms with Gasteiger partial charge in [-0.2, -0.15) is 0 Å². The number of aryl methyl sites for hydroxylation is 2. The third-order valence-electron chi connectivity index (χ3n) is 3.72. The van der Waals surface area contributed by atoms with E-state index in [1.54, 1.807) is 0 Å². The monoisotopic (exact) mass is 252 g/mol. The molecule has 0 saturated carbocycles. The molecule has 0 aromatic heterocycles. The molecule has 19 heavy (non-hydrogen) atoms. The number of hydrogen-bond acceptors (Lipinski definition) is 2. The van der Waals surface area contributed by atoms with Crippen LogP contribution in [0.5, 0.6) is 5.75 Å². The molecule has 2 nitrogen and oxygen atoms in total. The maximum atomic E-state index is 12.5. The number of carbonyl (C=O) groups is 1. The van der Waals surface area contributed by atoms with Crippen LogP contribution < -0.4 is 4.74 Å². The van der Waals surface area contributed by atoms with Crippen LogP contribution in [0.2, 0.25) is 0 Å². The number of benzene rings is 2. The summed E-state index contributed by atoms with van der Waals surface area (Å²) < 4.78 is 5.46. The van der Waals surface area contributed by atoms with Crippen molar-refractivity contribution in [2.24, 2.45) is 0 Å². The average Bonchev–Trinajstić information content (AvgIpc) is 2.88. The lowest BCUT2D eigenvalue weighted by molar-refractivity contribution is 0.103. The van der Waals surface area contributed by atoms with Crippen LogP contribution in [-0.4, -0.2) is 12.4 Å².